The first-order valence-electron chi connectivity index (χ1n) is 6.53. The van der Waals surface area contributed by atoms with Crippen LogP contribution in [0.4, 0.5) is 0 Å². The zero-order valence-electron chi connectivity index (χ0n) is 11.6. The minimum Gasteiger partial charge on any atom is -0.285 e. The number of carbonyl (C=O) groups is 2. The van der Waals surface area contributed by atoms with Gasteiger partial charge >= 0.3 is 0 Å². The quantitative estimate of drug-likeness (QED) is 0.609. The van der Waals surface area contributed by atoms with Crippen LogP contribution in [0.1, 0.15) is 39.9 Å². The van der Waals surface area contributed by atoms with E-state index in [9.17, 15) is 9.59 Å². The molecule has 0 amide bonds. The van der Waals surface area contributed by atoms with Gasteiger partial charge in [-0.1, -0.05) is 35.9 Å². The molecule has 2 heteroatoms. The fraction of sp³-hybridized carbons (Fsp3) is 0.294. The number of ketones is 2. The zero-order chi connectivity index (χ0) is 14.0. The molecule has 1 aromatic carbocycles. The Labute approximate surface area is 113 Å². The summed E-state index contributed by atoms with van der Waals surface area (Å²) in [6.45, 7) is 5.76. The summed E-state index contributed by atoms with van der Waals surface area (Å²) in [6, 6.07) is 3.89. The lowest BCUT2D eigenvalue weighted by Crippen LogP contribution is -2.19. The SMILES string of the molecule is Cc1cc(C)c(C(=O)C(=O)C2=CC=CCC2)c(C)c1. The average molecular weight is 254 g/mol. The van der Waals surface area contributed by atoms with Gasteiger partial charge in [-0.3, -0.25) is 9.59 Å². The molecule has 0 unspecified atom stereocenters. The second-order valence-electron chi connectivity index (χ2n) is 5.09. The molecule has 0 fully saturated rings. The van der Waals surface area contributed by atoms with Crippen molar-refractivity contribution in [3.8, 4) is 0 Å². The van der Waals surface area contributed by atoms with E-state index in [0.29, 0.717) is 17.6 Å². The van der Waals surface area contributed by atoms with E-state index in [4.69, 9.17) is 0 Å². The highest BCUT2D eigenvalue weighted by Gasteiger charge is 2.23. The van der Waals surface area contributed by atoms with Crippen molar-refractivity contribution < 1.29 is 9.59 Å². The molecule has 0 bridgehead atoms. The van der Waals surface area contributed by atoms with Gasteiger partial charge in [0.25, 0.3) is 0 Å². The normalized spacial score (nSPS) is 14.2. The van der Waals surface area contributed by atoms with Crippen LogP contribution in [-0.4, -0.2) is 11.6 Å². The van der Waals surface area contributed by atoms with E-state index in [1.807, 2.05) is 45.1 Å². The van der Waals surface area contributed by atoms with Gasteiger partial charge in [0.15, 0.2) is 0 Å². The van der Waals surface area contributed by atoms with Crippen LogP contribution < -0.4 is 0 Å². The number of rotatable bonds is 3. The molecule has 2 rings (SSSR count). The first-order chi connectivity index (χ1) is 9.00. The lowest BCUT2D eigenvalue weighted by atomic mass is 9.90. The smallest absolute Gasteiger partial charge is 0.233 e. The van der Waals surface area contributed by atoms with Gasteiger partial charge in [-0.05, 0) is 44.7 Å². The molecule has 0 atom stereocenters. The maximum absolute atomic E-state index is 12.4. The average Bonchev–Trinajstić information content (AvgIpc) is 2.37. The largest absolute Gasteiger partial charge is 0.285 e. The molecular formula is C17H18O2. The highest BCUT2D eigenvalue weighted by molar-refractivity contribution is 6.49. The zero-order valence-corrected chi connectivity index (χ0v) is 11.6. The van der Waals surface area contributed by atoms with E-state index in [-0.39, 0.29) is 11.6 Å². The molecule has 0 saturated carbocycles. The van der Waals surface area contributed by atoms with Gasteiger partial charge in [0.1, 0.15) is 0 Å². The predicted octanol–water partition coefficient (Wildman–Crippen LogP) is 3.64. The third kappa shape index (κ3) is 2.73. The molecule has 0 N–H and O–H groups in total. The molecule has 0 heterocycles. The fourth-order valence-electron chi connectivity index (χ4n) is 2.59. The molecule has 0 aliphatic heterocycles. The van der Waals surface area contributed by atoms with E-state index in [0.717, 1.165) is 23.1 Å². The van der Waals surface area contributed by atoms with Crippen LogP contribution in [0.3, 0.4) is 0 Å². The number of Topliss-reactive ketones (excluding diaryl/α,β-unsaturated/α-hetero) is 2. The minimum atomic E-state index is -0.378. The fourth-order valence-corrected chi connectivity index (χ4v) is 2.59. The summed E-state index contributed by atoms with van der Waals surface area (Å²) >= 11 is 0. The third-order valence-corrected chi connectivity index (χ3v) is 3.42. The van der Waals surface area contributed by atoms with Gasteiger partial charge in [0, 0.05) is 11.1 Å². The predicted molar refractivity (Wildman–Crippen MR) is 76.4 cm³/mol. The topological polar surface area (TPSA) is 34.1 Å². The highest BCUT2D eigenvalue weighted by Crippen LogP contribution is 2.21. The molecule has 0 spiro atoms. The number of benzene rings is 1. The molecule has 19 heavy (non-hydrogen) atoms. The van der Waals surface area contributed by atoms with Crippen LogP contribution >= 0.6 is 0 Å². The van der Waals surface area contributed by atoms with Crippen molar-refractivity contribution in [1.82, 2.24) is 0 Å². The van der Waals surface area contributed by atoms with Crippen molar-refractivity contribution in [3.05, 3.63) is 58.2 Å². The van der Waals surface area contributed by atoms with Crippen LogP contribution in [-0.2, 0) is 4.79 Å². The van der Waals surface area contributed by atoms with Crippen molar-refractivity contribution in [2.75, 3.05) is 0 Å². The van der Waals surface area contributed by atoms with E-state index < -0.39 is 0 Å². The summed E-state index contributed by atoms with van der Waals surface area (Å²) in [7, 11) is 0. The molecule has 1 aliphatic carbocycles. The molecule has 0 aromatic heterocycles. The number of hydrogen-bond acceptors (Lipinski definition) is 2. The number of allylic oxidation sites excluding steroid dienone is 4. The minimum absolute atomic E-state index is 0.362. The molecule has 1 aliphatic rings. The lowest BCUT2D eigenvalue weighted by Gasteiger charge is -2.11. The summed E-state index contributed by atoms with van der Waals surface area (Å²) in [6.07, 6.45) is 7.09. The van der Waals surface area contributed by atoms with Gasteiger partial charge in [-0.25, -0.2) is 0 Å². The first-order valence-corrected chi connectivity index (χ1v) is 6.53. The Morgan fingerprint density at radius 2 is 1.63 bits per heavy atom. The highest BCUT2D eigenvalue weighted by atomic mass is 16.2. The van der Waals surface area contributed by atoms with E-state index in [1.54, 1.807) is 6.08 Å². The molecule has 1 aromatic rings. The summed E-state index contributed by atoms with van der Waals surface area (Å²) in [5.41, 5.74) is 4.04. The maximum Gasteiger partial charge on any atom is 0.233 e. The first kappa shape index (κ1) is 13.5. The molecular weight excluding hydrogens is 236 g/mol. The van der Waals surface area contributed by atoms with Crippen molar-refractivity contribution in [3.63, 3.8) is 0 Å². The lowest BCUT2D eigenvalue weighted by molar-refractivity contribution is -0.112. The Morgan fingerprint density at radius 1 is 1.00 bits per heavy atom. The van der Waals surface area contributed by atoms with Crippen LogP contribution in [0.25, 0.3) is 0 Å². The van der Waals surface area contributed by atoms with Crippen molar-refractivity contribution >= 4 is 11.6 Å². The number of aryl methyl sites for hydroxylation is 3. The second-order valence-corrected chi connectivity index (χ2v) is 5.09. The van der Waals surface area contributed by atoms with Gasteiger partial charge in [-0.2, -0.15) is 0 Å². The molecule has 2 nitrogen and oxygen atoms in total. The van der Waals surface area contributed by atoms with Crippen molar-refractivity contribution in [2.45, 2.75) is 33.6 Å². The van der Waals surface area contributed by atoms with Crippen LogP contribution in [0.2, 0.25) is 0 Å². The third-order valence-electron chi connectivity index (χ3n) is 3.42. The van der Waals surface area contributed by atoms with E-state index in [2.05, 4.69) is 0 Å². The van der Waals surface area contributed by atoms with Gasteiger partial charge in [0.2, 0.25) is 11.6 Å². The molecule has 98 valence electrons. The maximum atomic E-state index is 12.4. The summed E-state index contributed by atoms with van der Waals surface area (Å²) in [5.74, 6) is -0.740. The molecule has 0 saturated heterocycles. The van der Waals surface area contributed by atoms with Crippen LogP contribution in [0.15, 0.2) is 35.9 Å². The van der Waals surface area contributed by atoms with E-state index in [1.165, 1.54) is 0 Å². The van der Waals surface area contributed by atoms with Gasteiger partial charge in [-0.15, -0.1) is 0 Å². The number of carbonyl (C=O) groups excluding carboxylic acids is 2. The standard InChI is InChI=1S/C17H18O2/c1-11-9-12(2)15(13(3)10-11)17(19)16(18)14-7-5-4-6-8-14/h4-5,7,9-10H,6,8H2,1-3H3. The number of hydrogen-bond donors (Lipinski definition) is 0. The summed E-state index contributed by atoms with van der Waals surface area (Å²) in [5, 5.41) is 0. The van der Waals surface area contributed by atoms with Gasteiger partial charge < -0.3 is 0 Å². The Morgan fingerprint density at radius 3 is 2.16 bits per heavy atom. The van der Waals surface area contributed by atoms with E-state index >= 15 is 0 Å². The van der Waals surface area contributed by atoms with Crippen LogP contribution in [0, 0.1) is 20.8 Å². The monoisotopic (exact) mass is 254 g/mol. The Kier molecular flexibility index (Phi) is 3.79. The van der Waals surface area contributed by atoms with Crippen LogP contribution in [0.5, 0.6) is 0 Å². The Balaban J connectivity index is 2.37. The summed E-state index contributed by atoms with van der Waals surface area (Å²) < 4.78 is 0. The summed E-state index contributed by atoms with van der Waals surface area (Å²) in [4.78, 5) is 24.6. The second kappa shape index (κ2) is 5.35. The van der Waals surface area contributed by atoms with Crippen molar-refractivity contribution in [2.24, 2.45) is 0 Å². The Bertz CT molecular complexity index is 581. The molecule has 0 radical (unpaired) electrons. The Hall–Kier alpha value is -1.96. The van der Waals surface area contributed by atoms with Crippen molar-refractivity contribution in [1.29, 1.82) is 0 Å². The van der Waals surface area contributed by atoms with Gasteiger partial charge in [0.05, 0.1) is 0 Å².